The molecule has 0 unspecified atom stereocenters. The first-order chi connectivity index (χ1) is 17.0. The zero-order valence-corrected chi connectivity index (χ0v) is 24.8. The lowest BCUT2D eigenvalue weighted by Crippen LogP contribution is -2.67. The Morgan fingerprint density at radius 1 is 0.865 bits per heavy atom. The Morgan fingerprint density at radius 3 is 2.27 bits per heavy atom. The third kappa shape index (κ3) is 3.30. The fraction of sp³-hybridized carbons (Fsp3) is 0.909. The van der Waals surface area contributed by atoms with Crippen molar-refractivity contribution in [1.82, 2.24) is 0 Å². The summed E-state index contributed by atoms with van der Waals surface area (Å²) in [5, 5.41) is 10.6. The molecule has 6 rings (SSSR count). The topological polar surface area (TPSA) is 55.8 Å². The standard InChI is InChI=1S/C33H52O4/c1-27(2)15-17-33(26(34)35)18-16-31(7)21(22(33)19-27)9-10-24-29(5)13-12-25-30(6,20-36-28(3,4)37-25)23(29)11-14-32(24,31)8/h9,22-25H,10-20H2,1-8H3,(H,34,35)/t22-,23-,24-,25+,29+,30+,31-,32-,33+/m1/s1. The van der Waals surface area contributed by atoms with Crippen LogP contribution in [-0.2, 0) is 14.3 Å². The van der Waals surface area contributed by atoms with E-state index in [1.165, 1.54) is 24.8 Å². The minimum absolute atomic E-state index is 0.0627. The summed E-state index contributed by atoms with van der Waals surface area (Å²) in [5.74, 6) is 0.386. The van der Waals surface area contributed by atoms with Crippen LogP contribution < -0.4 is 0 Å². The summed E-state index contributed by atoms with van der Waals surface area (Å²) in [6.45, 7) is 19.9. The van der Waals surface area contributed by atoms with Gasteiger partial charge in [-0.1, -0.05) is 53.2 Å². The molecule has 1 N–H and O–H groups in total. The van der Waals surface area contributed by atoms with Crippen molar-refractivity contribution in [3.8, 4) is 0 Å². The van der Waals surface area contributed by atoms with Gasteiger partial charge in [0.2, 0.25) is 0 Å². The molecule has 5 aliphatic carbocycles. The van der Waals surface area contributed by atoms with Crippen LogP contribution in [0.4, 0.5) is 0 Å². The fourth-order valence-electron chi connectivity index (χ4n) is 11.5. The second kappa shape index (κ2) is 7.65. The molecular formula is C33H52O4. The van der Waals surface area contributed by atoms with Gasteiger partial charge in [0.15, 0.2) is 5.79 Å². The normalized spacial score (nSPS) is 53.9. The lowest BCUT2D eigenvalue weighted by atomic mass is 9.33. The van der Waals surface area contributed by atoms with Crippen molar-refractivity contribution in [3.63, 3.8) is 0 Å². The van der Waals surface area contributed by atoms with Gasteiger partial charge in [0.05, 0.1) is 18.1 Å². The molecule has 6 aliphatic rings. The number of carboxylic acids is 1. The van der Waals surface area contributed by atoms with Gasteiger partial charge in [-0.15, -0.1) is 0 Å². The van der Waals surface area contributed by atoms with Crippen LogP contribution in [0.3, 0.4) is 0 Å². The van der Waals surface area contributed by atoms with Crippen LogP contribution in [-0.4, -0.2) is 29.6 Å². The van der Waals surface area contributed by atoms with E-state index in [0.29, 0.717) is 11.8 Å². The number of aliphatic carboxylic acids is 1. The highest BCUT2D eigenvalue weighted by Gasteiger charge is 2.70. The van der Waals surface area contributed by atoms with Crippen molar-refractivity contribution < 1.29 is 19.4 Å². The lowest BCUT2D eigenvalue weighted by Gasteiger charge is -2.72. The Morgan fingerprint density at radius 2 is 1.57 bits per heavy atom. The Hall–Kier alpha value is -0.870. The van der Waals surface area contributed by atoms with E-state index in [9.17, 15) is 9.90 Å². The van der Waals surface area contributed by atoms with Crippen molar-refractivity contribution >= 4 is 5.97 Å². The smallest absolute Gasteiger partial charge is 0.310 e. The molecule has 4 saturated carbocycles. The molecule has 9 atom stereocenters. The summed E-state index contributed by atoms with van der Waals surface area (Å²) >= 11 is 0. The molecule has 1 saturated heterocycles. The second-order valence-electron chi connectivity index (χ2n) is 16.5. The zero-order valence-electron chi connectivity index (χ0n) is 24.8. The molecule has 5 fully saturated rings. The number of carbonyl (C=O) groups is 1. The predicted octanol–water partition coefficient (Wildman–Crippen LogP) is 8.00. The summed E-state index contributed by atoms with van der Waals surface area (Å²) in [6, 6.07) is 0. The van der Waals surface area contributed by atoms with E-state index in [0.717, 1.165) is 51.6 Å². The first kappa shape index (κ1) is 26.4. The van der Waals surface area contributed by atoms with Gasteiger partial charge in [-0.05, 0) is 117 Å². The van der Waals surface area contributed by atoms with Crippen molar-refractivity contribution in [2.75, 3.05) is 6.61 Å². The highest BCUT2D eigenvalue weighted by Crippen LogP contribution is 2.76. The molecule has 1 heterocycles. The summed E-state index contributed by atoms with van der Waals surface area (Å²) in [5.41, 5.74) is 1.79. The van der Waals surface area contributed by atoms with Crippen molar-refractivity contribution in [1.29, 1.82) is 0 Å². The second-order valence-corrected chi connectivity index (χ2v) is 16.5. The van der Waals surface area contributed by atoms with Gasteiger partial charge < -0.3 is 14.6 Å². The maximum absolute atomic E-state index is 12.9. The van der Waals surface area contributed by atoms with E-state index in [1.54, 1.807) is 0 Å². The van der Waals surface area contributed by atoms with Crippen LogP contribution >= 0.6 is 0 Å². The van der Waals surface area contributed by atoms with E-state index >= 15 is 0 Å². The minimum Gasteiger partial charge on any atom is -0.481 e. The maximum atomic E-state index is 12.9. The molecular weight excluding hydrogens is 460 g/mol. The molecule has 0 spiro atoms. The van der Waals surface area contributed by atoms with Gasteiger partial charge in [0.25, 0.3) is 0 Å². The molecule has 0 radical (unpaired) electrons. The minimum atomic E-state index is -0.555. The molecule has 0 bridgehead atoms. The van der Waals surface area contributed by atoms with Gasteiger partial charge in [0.1, 0.15) is 0 Å². The molecule has 37 heavy (non-hydrogen) atoms. The predicted molar refractivity (Wildman–Crippen MR) is 146 cm³/mol. The highest BCUT2D eigenvalue weighted by atomic mass is 16.7. The first-order valence-electron chi connectivity index (χ1n) is 15.3. The summed E-state index contributed by atoms with van der Waals surface area (Å²) < 4.78 is 12.9. The van der Waals surface area contributed by atoms with Gasteiger partial charge >= 0.3 is 5.97 Å². The van der Waals surface area contributed by atoms with Crippen LogP contribution in [0.15, 0.2) is 11.6 Å². The fourth-order valence-corrected chi connectivity index (χ4v) is 11.5. The molecule has 0 amide bonds. The third-order valence-electron chi connectivity index (χ3n) is 14.0. The van der Waals surface area contributed by atoms with E-state index in [1.807, 2.05) is 0 Å². The van der Waals surface area contributed by atoms with Crippen molar-refractivity contribution in [2.24, 2.45) is 50.2 Å². The Bertz CT molecular complexity index is 1030. The van der Waals surface area contributed by atoms with E-state index < -0.39 is 17.2 Å². The molecule has 1 aliphatic heterocycles. The number of carboxylic acid groups (broad SMARTS) is 1. The SMILES string of the molecule is CC1(C)CC[C@]2(C(=O)O)CC[C@]3(C)C(=CC[C@@H]4[C@@]5(C)CC[C@@H]6OC(C)(C)OC[C@@]6(C)[C@@H]5CC[C@]43C)[C@H]2C1. The number of fused-ring (bicyclic) bond motifs is 9. The maximum Gasteiger partial charge on any atom is 0.310 e. The van der Waals surface area contributed by atoms with Gasteiger partial charge in [-0.2, -0.15) is 0 Å². The summed E-state index contributed by atoms with van der Waals surface area (Å²) in [7, 11) is 0. The van der Waals surface area contributed by atoms with E-state index in [-0.39, 0.29) is 39.1 Å². The number of ether oxygens (including phenoxy) is 2. The third-order valence-corrected chi connectivity index (χ3v) is 14.0. The number of allylic oxidation sites excluding steroid dienone is 2. The van der Waals surface area contributed by atoms with Gasteiger partial charge in [-0.3, -0.25) is 4.79 Å². The quantitative estimate of drug-likeness (QED) is 0.362. The van der Waals surface area contributed by atoms with Crippen LogP contribution in [0.2, 0.25) is 0 Å². The zero-order chi connectivity index (χ0) is 26.9. The Labute approximate surface area is 225 Å². The summed E-state index contributed by atoms with van der Waals surface area (Å²) in [4.78, 5) is 12.9. The highest BCUT2D eigenvalue weighted by molar-refractivity contribution is 5.76. The van der Waals surface area contributed by atoms with Gasteiger partial charge in [-0.25, -0.2) is 0 Å². The molecule has 0 aromatic heterocycles. The number of hydrogen-bond donors (Lipinski definition) is 1. The monoisotopic (exact) mass is 512 g/mol. The molecule has 0 aromatic carbocycles. The lowest BCUT2D eigenvalue weighted by molar-refractivity contribution is -0.351. The average molecular weight is 513 g/mol. The average Bonchev–Trinajstić information content (AvgIpc) is 2.79. The van der Waals surface area contributed by atoms with Crippen molar-refractivity contribution in [2.45, 2.75) is 131 Å². The molecule has 0 aromatic rings. The molecule has 208 valence electrons. The first-order valence-corrected chi connectivity index (χ1v) is 15.3. The van der Waals surface area contributed by atoms with E-state index in [2.05, 4.69) is 61.5 Å². The van der Waals surface area contributed by atoms with Crippen LogP contribution in [0.25, 0.3) is 0 Å². The summed E-state index contributed by atoms with van der Waals surface area (Å²) in [6.07, 6.45) is 13.5. The molecule has 4 heteroatoms. The van der Waals surface area contributed by atoms with Crippen LogP contribution in [0.5, 0.6) is 0 Å². The van der Waals surface area contributed by atoms with Crippen molar-refractivity contribution in [3.05, 3.63) is 11.6 Å². The van der Waals surface area contributed by atoms with Crippen LogP contribution in [0, 0.1) is 50.2 Å². The Kier molecular flexibility index (Phi) is 5.45. The number of rotatable bonds is 1. The molecule has 4 nitrogen and oxygen atoms in total. The van der Waals surface area contributed by atoms with E-state index in [4.69, 9.17) is 9.47 Å². The Balaban J connectivity index is 1.39. The largest absolute Gasteiger partial charge is 0.481 e. The van der Waals surface area contributed by atoms with Gasteiger partial charge in [0, 0.05) is 5.41 Å². The number of hydrogen-bond acceptors (Lipinski definition) is 3. The van der Waals surface area contributed by atoms with Crippen LogP contribution in [0.1, 0.15) is 120 Å².